The van der Waals surface area contributed by atoms with Crippen molar-refractivity contribution in [2.45, 2.75) is 13.1 Å². The highest BCUT2D eigenvalue weighted by Crippen LogP contribution is 2.12. The molecular weight excluding hydrogens is 328 g/mol. The number of carbonyl (C=O) groups is 1. The van der Waals surface area contributed by atoms with E-state index in [2.05, 4.69) is 50.4 Å². The van der Waals surface area contributed by atoms with Crippen molar-refractivity contribution in [3.05, 3.63) is 69.7 Å². The fourth-order valence-corrected chi connectivity index (χ4v) is 2.44. The Hall–Kier alpha value is -1.65. The average Bonchev–Trinajstić information content (AvgIpc) is 2.45. The van der Waals surface area contributed by atoms with Gasteiger partial charge in [0.25, 0.3) is 5.91 Å². The van der Waals surface area contributed by atoms with Crippen molar-refractivity contribution in [1.82, 2.24) is 10.2 Å². The van der Waals surface area contributed by atoms with E-state index >= 15 is 0 Å². The normalized spacial score (nSPS) is 10.7. The van der Waals surface area contributed by atoms with Crippen molar-refractivity contribution in [2.75, 3.05) is 14.1 Å². The summed E-state index contributed by atoms with van der Waals surface area (Å²) < 4.78 is 0.906. The SMILES string of the molecule is CN(C)Cc1ccc(CNC(=O)c2cccc(Br)c2)cc1. The molecule has 2 rings (SSSR count). The van der Waals surface area contributed by atoms with Crippen molar-refractivity contribution in [3.8, 4) is 0 Å². The largest absolute Gasteiger partial charge is 0.348 e. The third-order valence-corrected chi connectivity index (χ3v) is 3.55. The van der Waals surface area contributed by atoms with Gasteiger partial charge in [-0.1, -0.05) is 46.3 Å². The third-order valence-electron chi connectivity index (χ3n) is 3.06. The monoisotopic (exact) mass is 346 g/mol. The Bertz CT molecular complexity index is 608. The van der Waals surface area contributed by atoms with E-state index in [4.69, 9.17) is 0 Å². The van der Waals surface area contributed by atoms with Gasteiger partial charge in [-0.05, 0) is 43.4 Å². The molecular formula is C17H19BrN2O. The highest BCUT2D eigenvalue weighted by Gasteiger charge is 2.05. The third kappa shape index (κ3) is 4.99. The molecule has 0 saturated carbocycles. The van der Waals surface area contributed by atoms with Gasteiger partial charge in [0.05, 0.1) is 0 Å². The van der Waals surface area contributed by atoms with Crippen LogP contribution in [0.2, 0.25) is 0 Å². The standard InChI is InChI=1S/C17H19BrN2O/c1-20(2)12-14-8-6-13(7-9-14)11-19-17(21)15-4-3-5-16(18)10-15/h3-10H,11-12H2,1-2H3,(H,19,21). The minimum Gasteiger partial charge on any atom is -0.348 e. The van der Waals surface area contributed by atoms with Crippen molar-refractivity contribution < 1.29 is 4.79 Å². The highest BCUT2D eigenvalue weighted by atomic mass is 79.9. The molecule has 0 aliphatic carbocycles. The summed E-state index contributed by atoms with van der Waals surface area (Å²) in [5, 5.41) is 2.93. The van der Waals surface area contributed by atoms with E-state index in [1.165, 1.54) is 5.56 Å². The molecule has 4 heteroatoms. The lowest BCUT2D eigenvalue weighted by molar-refractivity contribution is 0.0951. The van der Waals surface area contributed by atoms with Gasteiger partial charge in [-0.3, -0.25) is 4.79 Å². The predicted octanol–water partition coefficient (Wildman–Crippen LogP) is 3.44. The van der Waals surface area contributed by atoms with Gasteiger partial charge >= 0.3 is 0 Å². The minimum absolute atomic E-state index is 0.0614. The van der Waals surface area contributed by atoms with Crippen LogP contribution in [-0.2, 0) is 13.1 Å². The summed E-state index contributed by atoms with van der Waals surface area (Å²) in [4.78, 5) is 14.2. The van der Waals surface area contributed by atoms with Gasteiger partial charge in [0.2, 0.25) is 0 Å². The number of hydrogen-bond acceptors (Lipinski definition) is 2. The second kappa shape index (κ2) is 7.38. The molecule has 0 heterocycles. The van der Waals surface area contributed by atoms with Gasteiger partial charge in [-0.15, -0.1) is 0 Å². The van der Waals surface area contributed by atoms with Crippen molar-refractivity contribution in [3.63, 3.8) is 0 Å². The maximum absolute atomic E-state index is 12.0. The van der Waals surface area contributed by atoms with E-state index in [-0.39, 0.29) is 5.91 Å². The molecule has 0 aliphatic heterocycles. The number of rotatable bonds is 5. The number of nitrogens with one attached hydrogen (secondary N) is 1. The number of nitrogens with zero attached hydrogens (tertiary/aromatic N) is 1. The molecule has 0 aromatic heterocycles. The molecule has 0 radical (unpaired) electrons. The fraction of sp³-hybridized carbons (Fsp3) is 0.235. The van der Waals surface area contributed by atoms with Gasteiger partial charge in [0.1, 0.15) is 0 Å². The first-order valence-corrected chi connectivity index (χ1v) is 7.60. The van der Waals surface area contributed by atoms with Crippen LogP contribution >= 0.6 is 15.9 Å². The molecule has 0 unspecified atom stereocenters. The molecule has 0 saturated heterocycles. The smallest absolute Gasteiger partial charge is 0.251 e. The lowest BCUT2D eigenvalue weighted by Gasteiger charge is -2.10. The summed E-state index contributed by atoms with van der Waals surface area (Å²) in [6.45, 7) is 1.46. The zero-order chi connectivity index (χ0) is 15.2. The molecule has 21 heavy (non-hydrogen) atoms. The Balaban J connectivity index is 1.92. The zero-order valence-corrected chi connectivity index (χ0v) is 13.9. The van der Waals surface area contributed by atoms with Crippen molar-refractivity contribution in [2.24, 2.45) is 0 Å². The van der Waals surface area contributed by atoms with E-state index in [1.54, 1.807) is 6.07 Å². The Kier molecular flexibility index (Phi) is 5.53. The topological polar surface area (TPSA) is 32.3 Å². The Morgan fingerprint density at radius 2 is 1.76 bits per heavy atom. The van der Waals surface area contributed by atoms with Crippen LogP contribution in [0.15, 0.2) is 53.0 Å². The summed E-state index contributed by atoms with van der Waals surface area (Å²) >= 11 is 3.37. The van der Waals surface area contributed by atoms with Crippen molar-refractivity contribution >= 4 is 21.8 Å². The molecule has 0 bridgehead atoms. The number of hydrogen-bond donors (Lipinski definition) is 1. The number of halogens is 1. The lowest BCUT2D eigenvalue weighted by Crippen LogP contribution is -2.22. The van der Waals surface area contributed by atoms with Gasteiger partial charge in [0.15, 0.2) is 0 Å². The molecule has 0 aliphatic rings. The Morgan fingerprint density at radius 1 is 1.10 bits per heavy atom. The van der Waals surface area contributed by atoms with Crippen LogP contribution in [0.5, 0.6) is 0 Å². The molecule has 2 aromatic rings. The summed E-state index contributed by atoms with van der Waals surface area (Å²) in [6.07, 6.45) is 0. The lowest BCUT2D eigenvalue weighted by atomic mass is 10.1. The van der Waals surface area contributed by atoms with Gasteiger partial charge in [0, 0.05) is 23.1 Å². The first-order chi connectivity index (χ1) is 10.0. The van der Waals surface area contributed by atoms with Crippen LogP contribution in [0.25, 0.3) is 0 Å². The van der Waals surface area contributed by atoms with Gasteiger partial charge in [-0.2, -0.15) is 0 Å². The molecule has 0 atom stereocenters. The Labute approximate surface area is 134 Å². The van der Waals surface area contributed by atoms with Crippen LogP contribution in [0.1, 0.15) is 21.5 Å². The molecule has 0 spiro atoms. The summed E-state index contributed by atoms with van der Waals surface area (Å²) in [5.74, 6) is -0.0614. The Morgan fingerprint density at radius 3 is 2.38 bits per heavy atom. The second-order valence-corrected chi connectivity index (χ2v) is 6.16. The van der Waals surface area contributed by atoms with E-state index in [1.807, 2.05) is 32.3 Å². The van der Waals surface area contributed by atoms with Crippen LogP contribution in [0.4, 0.5) is 0 Å². The predicted molar refractivity (Wildman–Crippen MR) is 89.1 cm³/mol. The highest BCUT2D eigenvalue weighted by molar-refractivity contribution is 9.10. The van der Waals surface area contributed by atoms with Crippen molar-refractivity contribution in [1.29, 1.82) is 0 Å². The summed E-state index contributed by atoms with van der Waals surface area (Å²) in [7, 11) is 4.10. The number of benzene rings is 2. The first kappa shape index (κ1) is 15.7. The van der Waals surface area contributed by atoms with Crippen LogP contribution in [-0.4, -0.2) is 24.9 Å². The van der Waals surface area contributed by atoms with E-state index in [0.717, 1.165) is 16.6 Å². The van der Waals surface area contributed by atoms with Crippen LogP contribution in [0, 0.1) is 0 Å². The molecule has 0 fully saturated rings. The molecule has 3 nitrogen and oxygen atoms in total. The van der Waals surface area contributed by atoms with E-state index in [0.29, 0.717) is 12.1 Å². The average molecular weight is 347 g/mol. The minimum atomic E-state index is -0.0614. The van der Waals surface area contributed by atoms with E-state index in [9.17, 15) is 4.79 Å². The molecule has 2 aromatic carbocycles. The molecule has 1 amide bonds. The van der Waals surface area contributed by atoms with Crippen LogP contribution in [0.3, 0.4) is 0 Å². The van der Waals surface area contributed by atoms with Crippen LogP contribution < -0.4 is 5.32 Å². The quantitative estimate of drug-likeness (QED) is 0.899. The number of amides is 1. The first-order valence-electron chi connectivity index (χ1n) is 6.81. The summed E-state index contributed by atoms with van der Waals surface area (Å²) in [5.41, 5.74) is 3.02. The maximum Gasteiger partial charge on any atom is 0.251 e. The van der Waals surface area contributed by atoms with Gasteiger partial charge < -0.3 is 10.2 Å². The summed E-state index contributed by atoms with van der Waals surface area (Å²) in [6, 6.07) is 15.7. The number of carbonyl (C=O) groups excluding carboxylic acids is 1. The zero-order valence-electron chi connectivity index (χ0n) is 12.3. The molecule has 1 N–H and O–H groups in total. The van der Waals surface area contributed by atoms with Gasteiger partial charge in [-0.25, -0.2) is 0 Å². The van der Waals surface area contributed by atoms with E-state index < -0.39 is 0 Å². The second-order valence-electron chi connectivity index (χ2n) is 5.25. The molecule has 110 valence electrons. The maximum atomic E-state index is 12.0. The fourth-order valence-electron chi connectivity index (χ4n) is 2.04.